The van der Waals surface area contributed by atoms with Crippen LogP contribution in [0.5, 0.6) is 11.5 Å². The maximum absolute atomic E-state index is 13.3. The number of ketones is 1. The van der Waals surface area contributed by atoms with Crippen molar-refractivity contribution in [3.63, 3.8) is 0 Å². The molecule has 2 heterocycles. The SMILES string of the molecule is COc1cc(/C(O)=C2\C(=O)C(=O)N(c3ccc(C)c(C)c3)C2c2ccncc2)c(OC)cc1Cl. The fourth-order valence-corrected chi connectivity index (χ4v) is 4.26. The Morgan fingerprint density at radius 3 is 2.26 bits per heavy atom. The third kappa shape index (κ3) is 3.88. The number of rotatable bonds is 5. The highest BCUT2D eigenvalue weighted by Gasteiger charge is 2.47. The molecule has 34 heavy (non-hydrogen) atoms. The van der Waals surface area contributed by atoms with E-state index in [9.17, 15) is 14.7 Å². The van der Waals surface area contributed by atoms with Gasteiger partial charge < -0.3 is 14.6 Å². The fourth-order valence-electron chi connectivity index (χ4n) is 4.03. The number of halogens is 1. The molecule has 1 aromatic heterocycles. The van der Waals surface area contributed by atoms with Crippen LogP contribution in [0.1, 0.15) is 28.3 Å². The molecule has 2 aromatic carbocycles. The molecular weight excluding hydrogens is 456 g/mol. The van der Waals surface area contributed by atoms with Crippen LogP contribution in [0.2, 0.25) is 5.02 Å². The van der Waals surface area contributed by atoms with E-state index in [1.165, 1.54) is 31.3 Å². The van der Waals surface area contributed by atoms with Crippen LogP contribution in [0, 0.1) is 13.8 Å². The number of nitrogens with zero attached hydrogens (tertiary/aromatic N) is 2. The molecule has 7 nitrogen and oxygen atoms in total. The molecule has 0 aliphatic carbocycles. The molecule has 8 heteroatoms. The van der Waals surface area contributed by atoms with E-state index < -0.39 is 23.5 Å². The summed E-state index contributed by atoms with van der Waals surface area (Å²) >= 11 is 6.21. The van der Waals surface area contributed by atoms with E-state index in [4.69, 9.17) is 21.1 Å². The third-order valence-electron chi connectivity index (χ3n) is 5.96. The van der Waals surface area contributed by atoms with Gasteiger partial charge in [0.2, 0.25) is 0 Å². The molecule has 1 amide bonds. The van der Waals surface area contributed by atoms with Crippen molar-refractivity contribution in [2.45, 2.75) is 19.9 Å². The fraction of sp³-hybridized carbons (Fsp3) is 0.192. The minimum atomic E-state index is -0.878. The van der Waals surface area contributed by atoms with Gasteiger partial charge in [-0.15, -0.1) is 0 Å². The maximum Gasteiger partial charge on any atom is 0.300 e. The third-order valence-corrected chi connectivity index (χ3v) is 6.26. The average Bonchev–Trinajstić information content (AvgIpc) is 3.11. The van der Waals surface area contributed by atoms with Crippen molar-refractivity contribution in [3.05, 3.63) is 87.7 Å². The number of aliphatic hydroxyl groups is 1. The van der Waals surface area contributed by atoms with Crippen LogP contribution >= 0.6 is 11.6 Å². The normalized spacial score (nSPS) is 17.2. The standard InChI is InChI=1S/C26H23ClN2O5/c1-14-5-6-17(11-15(14)2)29-23(16-7-9-28-10-8-16)22(25(31)26(29)32)24(30)18-12-21(34-4)19(27)13-20(18)33-3/h5-13,23,30H,1-4H3/b24-22+. The number of Topliss-reactive ketones (excluding diaryl/α,β-unsaturated/α-hetero) is 1. The van der Waals surface area contributed by atoms with Crippen LogP contribution in [-0.4, -0.2) is 36.0 Å². The zero-order valence-corrected chi connectivity index (χ0v) is 19.9. The molecule has 0 radical (unpaired) electrons. The van der Waals surface area contributed by atoms with Crippen molar-refractivity contribution in [1.82, 2.24) is 4.98 Å². The van der Waals surface area contributed by atoms with Gasteiger partial charge in [0.1, 0.15) is 17.3 Å². The molecule has 1 saturated heterocycles. The minimum absolute atomic E-state index is 0.0721. The van der Waals surface area contributed by atoms with E-state index in [-0.39, 0.29) is 27.7 Å². The summed E-state index contributed by atoms with van der Waals surface area (Å²) in [7, 11) is 2.86. The van der Waals surface area contributed by atoms with Gasteiger partial charge in [0.05, 0.1) is 36.4 Å². The van der Waals surface area contributed by atoms with Crippen LogP contribution in [-0.2, 0) is 9.59 Å². The Bertz CT molecular complexity index is 1320. The first-order valence-corrected chi connectivity index (χ1v) is 10.9. The van der Waals surface area contributed by atoms with Crippen LogP contribution in [0.4, 0.5) is 5.69 Å². The molecule has 3 aromatic rings. The van der Waals surface area contributed by atoms with Crippen molar-refractivity contribution in [3.8, 4) is 11.5 Å². The van der Waals surface area contributed by atoms with Gasteiger partial charge >= 0.3 is 0 Å². The number of pyridine rings is 1. The average molecular weight is 479 g/mol. The van der Waals surface area contributed by atoms with Crippen LogP contribution in [0.25, 0.3) is 5.76 Å². The second-order valence-electron chi connectivity index (χ2n) is 7.91. The summed E-state index contributed by atoms with van der Waals surface area (Å²) in [5, 5.41) is 11.7. The van der Waals surface area contributed by atoms with E-state index in [1.807, 2.05) is 26.0 Å². The summed E-state index contributed by atoms with van der Waals surface area (Å²) in [4.78, 5) is 32.1. The molecule has 0 saturated carbocycles. The highest BCUT2D eigenvalue weighted by molar-refractivity contribution is 6.51. The molecule has 1 atom stereocenters. The second kappa shape index (κ2) is 9.19. The van der Waals surface area contributed by atoms with Crippen molar-refractivity contribution < 1.29 is 24.2 Å². The van der Waals surface area contributed by atoms with E-state index in [0.29, 0.717) is 11.3 Å². The molecule has 4 rings (SSSR count). The lowest BCUT2D eigenvalue weighted by molar-refractivity contribution is -0.132. The predicted octanol–water partition coefficient (Wildman–Crippen LogP) is 5.00. The van der Waals surface area contributed by atoms with Crippen molar-refractivity contribution in [2.24, 2.45) is 0 Å². The van der Waals surface area contributed by atoms with Crippen molar-refractivity contribution >= 4 is 34.7 Å². The van der Waals surface area contributed by atoms with E-state index in [2.05, 4.69) is 4.98 Å². The summed E-state index contributed by atoms with van der Waals surface area (Å²) in [5.74, 6) is -1.43. The molecule has 1 N–H and O–H groups in total. The highest BCUT2D eigenvalue weighted by atomic mass is 35.5. The van der Waals surface area contributed by atoms with E-state index in [1.54, 1.807) is 30.6 Å². The smallest absolute Gasteiger partial charge is 0.300 e. The molecule has 0 spiro atoms. The van der Waals surface area contributed by atoms with E-state index >= 15 is 0 Å². The van der Waals surface area contributed by atoms with Gasteiger partial charge in [-0.1, -0.05) is 17.7 Å². The Morgan fingerprint density at radius 2 is 1.65 bits per heavy atom. The van der Waals surface area contributed by atoms with Gasteiger partial charge in [-0.3, -0.25) is 19.5 Å². The number of anilines is 1. The largest absolute Gasteiger partial charge is 0.507 e. The minimum Gasteiger partial charge on any atom is -0.507 e. The van der Waals surface area contributed by atoms with Crippen LogP contribution in [0.15, 0.2) is 60.4 Å². The molecule has 174 valence electrons. The summed E-state index contributed by atoms with van der Waals surface area (Å²) < 4.78 is 10.7. The van der Waals surface area contributed by atoms with Gasteiger partial charge in [0.25, 0.3) is 11.7 Å². The number of carbonyl (C=O) groups is 2. The number of methoxy groups -OCH3 is 2. The van der Waals surface area contributed by atoms with E-state index in [0.717, 1.165) is 11.1 Å². The van der Waals surface area contributed by atoms with Gasteiger partial charge in [-0.05, 0) is 60.9 Å². The summed E-state index contributed by atoms with van der Waals surface area (Å²) in [6.45, 7) is 3.90. The Kier molecular flexibility index (Phi) is 6.30. The Hall–Kier alpha value is -3.84. The zero-order valence-electron chi connectivity index (χ0n) is 19.1. The molecule has 0 bridgehead atoms. The number of aromatic nitrogens is 1. The molecular formula is C26H23ClN2O5. The Morgan fingerprint density at radius 1 is 0.971 bits per heavy atom. The number of aliphatic hydroxyl groups excluding tert-OH is 1. The van der Waals surface area contributed by atoms with Gasteiger partial charge in [0.15, 0.2) is 0 Å². The lowest BCUT2D eigenvalue weighted by Crippen LogP contribution is -2.29. The number of carbonyl (C=O) groups excluding carboxylic acids is 2. The first kappa shape index (κ1) is 23.3. The van der Waals surface area contributed by atoms with Gasteiger partial charge in [-0.2, -0.15) is 0 Å². The first-order valence-electron chi connectivity index (χ1n) is 10.5. The quantitative estimate of drug-likeness (QED) is 0.315. The highest BCUT2D eigenvalue weighted by Crippen LogP contribution is 2.44. The number of aryl methyl sites for hydroxylation is 2. The van der Waals surface area contributed by atoms with Crippen LogP contribution in [0.3, 0.4) is 0 Å². The van der Waals surface area contributed by atoms with Gasteiger partial charge in [0, 0.05) is 24.1 Å². The molecule has 1 aliphatic heterocycles. The topological polar surface area (TPSA) is 89.0 Å². The van der Waals surface area contributed by atoms with Crippen LogP contribution < -0.4 is 14.4 Å². The molecule has 1 fully saturated rings. The molecule has 1 unspecified atom stereocenters. The number of amides is 1. The van der Waals surface area contributed by atoms with Crippen molar-refractivity contribution in [1.29, 1.82) is 0 Å². The molecule has 1 aliphatic rings. The predicted molar refractivity (Wildman–Crippen MR) is 129 cm³/mol. The number of ether oxygens (including phenoxy) is 2. The number of hydrogen-bond donors (Lipinski definition) is 1. The van der Waals surface area contributed by atoms with Gasteiger partial charge in [-0.25, -0.2) is 0 Å². The summed E-state index contributed by atoms with van der Waals surface area (Å²) in [6, 6.07) is 11.0. The zero-order chi connectivity index (χ0) is 24.6. The Labute approximate surface area is 202 Å². The van der Waals surface area contributed by atoms with Crippen molar-refractivity contribution in [2.75, 3.05) is 19.1 Å². The summed E-state index contributed by atoms with van der Waals surface area (Å²) in [5.41, 5.74) is 3.30. The monoisotopic (exact) mass is 478 g/mol. The number of hydrogen-bond acceptors (Lipinski definition) is 6. The lowest BCUT2D eigenvalue weighted by Gasteiger charge is -2.26. The summed E-state index contributed by atoms with van der Waals surface area (Å²) in [6.07, 6.45) is 3.14. The maximum atomic E-state index is 13.3. The second-order valence-corrected chi connectivity index (χ2v) is 8.31. The number of benzene rings is 2. The lowest BCUT2D eigenvalue weighted by atomic mass is 9.95. The Balaban J connectivity index is 1.99. The first-order chi connectivity index (χ1) is 16.3.